The number of halogens is 1. The van der Waals surface area contributed by atoms with Crippen molar-refractivity contribution in [2.75, 3.05) is 44.7 Å². The van der Waals surface area contributed by atoms with Crippen LogP contribution in [0.4, 0.5) is 10.2 Å². The molecular formula is C30H33FN6O3. The molecule has 5 heterocycles. The van der Waals surface area contributed by atoms with Crippen LogP contribution in [0.2, 0.25) is 0 Å². The lowest BCUT2D eigenvalue weighted by molar-refractivity contribution is 0.0978. The molecule has 3 aliphatic rings. The second-order valence-corrected chi connectivity index (χ2v) is 10.9. The molecule has 0 saturated carbocycles. The number of ketones is 2. The smallest absolute Gasteiger partial charge is 0.317 e. The number of hydrogen-bond donors (Lipinski definition) is 1. The van der Waals surface area contributed by atoms with E-state index in [4.69, 9.17) is 4.74 Å². The Morgan fingerprint density at radius 3 is 2.85 bits per heavy atom. The summed E-state index contributed by atoms with van der Waals surface area (Å²) in [5.41, 5.74) is 2.94. The molecule has 1 aromatic carbocycles. The molecule has 208 valence electrons. The fraction of sp³-hybridized carbons (Fsp3) is 0.433. The van der Waals surface area contributed by atoms with Crippen molar-refractivity contribution in [1.82, 2.24) is 25.2 Å². The summed E-state index contributed by atoms with van der Waals surface area (Å²) >= 11 is 0. The number of ether oxygens (including phenoxy) is 1. The molecule has 1 fully saturated rings. The van der Waals surface area contributed by atoms with E-state index < -0.39 is 11.6 Å². The number of carbonyl (C=O) groups excluding carboxylic acids is 2. The normalized spacial score (nSPS) is 17.9. The van der Waals surface area contributed by atoms with Gasteiger partial charge in [-0.05, 0) is 68.7 Å². The van der Waals surface area contributed by atoms with Gasteiger partial charge in [-0.1, -0.05) is 6.07 Å². The lowest BCUT2D eigenvalue weighted by Crippen LogP contribution is -2.33. The highest BCUT2D eigenvalue weighted by Crippen LogP contribution is 2.28. The number of likely N-dealkylation sites (tertiary alicyclic amines) is 1. The summed E-state index contributed by atoms with van der Waals surface area (Å²) in [4.78, 5) is 44.0. The number of rotatable bonds is 7. The third-order valence-electron chi connectivity index (χ3n) is 8.06. The Morgan fingerprint density at radius 1 is 1.15 bits per heavy atom. The van der Waals surface area contributed by atoms with Crippen LogP contribution < -0.4 is 15.0 Å². The van der Waals surface area contributed by atoms with Crippen LogP contribution in [0, 0.1) is 11.7 Å². The lowest BCUT2D eigenvalue weighted by Gasteiger charge is -2.29. The number of Topliss-reactive ketones (excluding diaryl/α,β-unsaturated/α-hetero) is 1. The van der Waals surface area contributed by atoms with Crippen molar-refractivity contribution in [3.05, 3.63) is 76.0 Å². The zero-order chi connectivity index (χ0) is 27.6. The minimum Gasteiger partial charge on any atom is -0.463 e. The molecular weight excluding hydrogens is 511 g/mol. The largest absolute Gasteiger partial charge is 0.463 e. The third-order valence-corrected chi connectivity index (χ3v) is 8.06. The summed E-state index contributed by atoms with van der Waals surface area (Å²) in [6.45, 7) is 4.63. The summed E-state index contributed by atoms with van der Waals surface area (Å²) in [7, 11) is 2.12. The van der Waals surface area contributed by atoms with Gasteiger partial charge in [-0.3, -0.25) is 9.59 Å². The van der Waals surface area contributed by atoms with Gasteiger partial charge in [0, 0.05) is 50.8 Å². The first kappa shape index (κ1) is 26.5. The summed E-state index contributed by atoms with van der Waals surface area (Å²) in [6, 6.07) is 8.27. The Hall–Kier alpha value is -3.76. The van der Waals surface area contributed by atoms with Crippen molar-refractivity contribution in [3.63, 3.8) is 0 Å². The van der Waals surface area contributed by atoms with Crippen molar-refractivity contribution in [2.45, 2.75) is 38.8 Å². The lowest BCUT2D eigenvalue weighted by atomic mass is 9.97. The fourth-order valence-electron chi connectivity index (χ4n) is 5.68. The first-order valence-corrected chi connectivity index (χ1v) is 13.9. The molecule has 0 unspecified atom stereocenters. The Morgan fingerprint density at radius 2 is 2.00 bits per heavy atom. The van der Waals surface area contributed by atoms with Crippen LogP contribution >= 0.6 is 0 Å². The number of carbonyl (C=O) groups is 2. The molecule has 1 saturated heterocycles. The zero-order valence-corrected chi connectivity index (χ0v) is 22.7. The van der Waals surface area contributed by atoms with E-state index in [1.807, 2.05) is 4.90 Å². The van der Waals surface area contributed by atoms with Gasteiger partial charge in [-0.2, -0.15) is 9.97 Å². The van der Waals surface area contributed by atoms with Crippen molar-refractivity contribution >= 4 is 17.4 Å². The highest BCUT2D eigenvalue weighted by molar-refractivity contribution is 6.09. The minimum absolute atomic E-state index is 0.0421. The maximum Gasteiger partial charge on any atom is 0.317 e. The van der Waals surface area contributed by atoms with E-state index in [1.54, 1.807) is 30.5 Å². The number of pyridine rings is 1. The summed E-state index contributed by atoms with van der Waals surface area (Å²) < 4.78 is 21.2. The zero-order valence-electron chi connectivity index (χ0n) is 22.7. The summed E-state index contributed by atoms with van der Waals surface area (Å²) in [5.74, 6) is -0.0108. The van der Waals surface area contributed by atoms with Crippen LogP contribution in [0.25, 0.3) is 0 Å². The van der Waals surface area contributed by atoms with Crippen LogP contribution in [-0.4, -0.2) is 71.3 Å². The summed E-state index contributed by atoms with van der Waals surface area (Å²) in [5, 5.41) is 3.28. The van der Waals surface area contributed by atoms with Crippen LogP contribution in [0.3, 0.4) is 0 Å². The third kappa shape index (κ3) is 5.46. The Bertz CT molecular complexity index is 1440. The number of nitrogens with zero attached hydrogens (tertiary/aromatic N) is 5. The maximum absolute atomic E-state index is 15.1. The minimum atomic E-state index is -0.606. The number of anilines is 1. The van der Waals surface area contributed by atoms with E-state index in [0.717, 1.165) is 43.7 Å². The molecule has 0 radical (unpaired) electrons. The van der Waals surface area contributed by atoms with Gasteiger partial charge in [0.15, 0.2) is 5.78 Å². The van der Waals surface area contributed by atoms with Crippen LogP contribution in [0.1, 0.15) is 62.5 Å². The molecule has 0 bridgehead atoms. The van der Waals surface area contributed by atoms with Crippen LogP contribution in [-0.2, 0) is 19.5 Å². The van der Waals surface area contributed by atoms with E-state index in [2.05, 4.69) is 32.2 Å². The Kier molecular flexibility index (Phi) is 7.53. The second-order valence-electron chi connectivity index (χ2n) is 10.9. The van der Waals surface area contributed by atoms with Crippen LogP contribution in [0.5, 0.6) is 6.01 Å². The molecule has 3 aromatic rings. The van der Waals surface area contributed by atoms with Gasteiger partial charge in [-0.25, -0.2) is 9.37 Å². The van der Waals surface area contributed by atoms with Crippen molar-refractivity contribution in [2.24, 2.45) is 5.92 Å². The molecule has 0 atom stereocenters. The van der Waals surface area contributed by atoms with Crippen molar-refractivity contribution in [1.29, 1.82) is 0 Å². The van der Waals surface area contributed by atoms with Gasteiger partial charge in [0.05, 0.1) is 23.4 Å². The predicted octanol–water partition coefficient (Wildman–Crippen LogP) is 3.20. The highest BCUT2D eigenvalue weighted by atomic mass is 19.1. The van der Waals surface area contributed by atoms with E-state index >= 15 is 4.39 Å². The molecule has 3 aliphatic heterocycles. The van der Waals surface area contributed by atoms with E-state index in [1.165, 1.54) is 6.07 Å². The Labute approximate surface area is 232 Å². The molecule has 6 rings (SSSR count). The average Bonchev–Trinajstić information content (AvgIpc) is 2.98. The number of fused-ring (bicyclic) bond motifs is 2. The SMILES string of the molecule is CN1CCC(COc2nc3c(c(C(=O)c4cc(CN5CCC(=O)c6cccnc65)ccc4F)n2)CNCC3)CC1. The van der Waals surface area contributed by atoms with Gasteiger partial charge in [0.25, 0.3) is 0 Å². The maximum atomic E-state index is 15.1. The molecule has 1 N–H and O–H groups in total. The molecule has 10 heteroatoms. The first-order chi connectivity index (χ1) is 19.5. The number of hydrogen-bond acceptors (Lipinski definition) is 9. The quantitative estimate of drug-likeness (QED) is 0.450. The summed E-state index contributed by atoms with van der Waals surface area (Å²) in [6.07, 6.45) is 4.76. The number of benzene rings is 1. The predicted molar refractivity (Wildman–Crippen MR) is 147 cm³/mol. The topological polar surface area (TPSA) is 101 Å². The highest BCUT2D eigenvalue weighted by Gasteiger charge is 2.28. The van der Waals surface area contributed by atoms with Gasteiger partial charge in [0.2, 0.25) is 5.78 Å². The van der Waals surface area contributed by atoms with E-state index in [9.17, 15) is 9.59 Å². The van der Waals surface area contributed by atoms with Gasteiger partial charge in [0.1, 0.15) is 17.3 Å². The molecule has 0 spiro atoms. The van der Waals surface area contributed by atoms with E-state index in [0.29, 0.717) is 61.9 Å². The van der Waals surface area contributed by atoms with Gasteiger partial charge < -0.3 is 19.9 Å². The number of aromatic nitrogens is 3. The first-order valence-electron chi connectivity index (χ1n) is 13.9. The molecule has 0 amide bonds. The molecule has 9 nitrogen and oxygen atoms in total. The molecule has 2 aromatic heterocycles. The van der Waals surface area contributed by atoms with Gasteiger partial charge in [-0.15, -0.1) is 0 Å². The van der Waals surface area contributed by atoms with Crippen LogP contribution in [0.15, 0.2) is 36.5 Å². The average molecular weight is 545 g/mol. The molecule has 40 heavy (non-hydrogen) atoms. The standard InChI is InChI=1S/C30H33FN6O3/c1-36-12-7-19(8-13-36)18-40-30-34-25-6-11-32-16-23(25)27(35-30)28(39)22-15-20(4-5-24(22)31)17-37-14-9-26(38)21-3-2-10-33-29(21)37/h2-5,10,15,19,32H,6-9,11-14,16-18H2,1H3. The van der Waals surface area contributed by atoms with E-state index in [-0.39, 0.29) is 23.1 Å². The fourth-order valence-corrected chi connectivity index (χ4v) is 5.68. The Balaban J connectivity index is 1.26. The molecule has 0 aliphatic carbocycles. The monoisotopic (exact) mass is 544 g/mol. The van der Waals surface area contributed by atoms with Crippen molar-refractivity contribution < 1.29 is 18.7 Å². The number of piperidine rings is 1. The van der Waals surface area contributed by atoms with Crippen molar-refractivity contribution in [3.8, 4) is 6.01 Å². The number of nitrogens with one attached hydrogen (secondary N) is 1. The van der Waals surface area contributed by atoms with Gasteiger partial charge >= 0.3 is 6.01 Å². The second kappa shape index (κ2) is 11.4.